The molecular weight excluding hydrogens is 578 g/mol. The number of amides is 2. The number of nitrogens with one attached hydrogen (secondary N) is 2. The smallest absolute Gasteiger partial charge is 0.341 e. The molecule has 0 radical (unpaired) electrons. The van der Waals surface area contributed by atoms with Crippen LogP contribution in [0.15, 0.2) is 0 Å². The monoisotopic (exact) mass is 627 g/mol. The molecule has 19 heteroatoms. The molecule has 19 nitrogen and oxygen atoms in total. The second kappa shape index (κ2) is 16.8. The molecule has 43 heavy (non-hydrogen) atoms. The van der Waals surface area contributed by atoms with Gasteiger partial charge in [0.05, 0.1) is 43.5 Å². The number of aliphatic hydroxyl groups excluding tert-OH is 6. The van der Waals surface area contributed by atoms with Gasteiger partial charge in [0.2, 0.25) is 0 Å². The molecule has 0 aromatic carbocycles. The van der Waals surface area contributed by atoms with Crippen LogP contribution >= 0.6 is 0 Å². The fourth-order valence-corrected chi connectivity index (χ4v) is 5.40. The zero-order valence-electron chi connectivity index (χ0n) is 23.9. The van der Waals surface area contributed by atoms with Crippen molar-refractivity contribution in [2.45, 2.75) is 105 Å². The molecule has 17 N–H and O–H groups in total. The Hall–Kier alpha value is -1.37. The van der Waals surface area contributed by atoms with Crippen LogP contribution in [0.3, 0.4) is 0 Å². The Kier molecular flexibility index (Phi) is 14.1. The fourth-order valence-electron chi connectivity index (χ4n) is 5.40. The molecule has 0 aromatic heterocycles. The van der Waals surface area contributed by atoms with Gasteiger partial charge in [0.1, 0.15) is 36.6 Å². The Morgan fingerprint density at radius 2 is 1.58 bits per heavy atom. The Labute approximate surface area is 248 Å². The summed E-state index contributed by atoms with van der Waals surface area (Å²) in [5.74, 6) is 0. The molecule has 2 amide bonds. The first kappa shape index (κ1) is 36.1. The summed E-state index contributed by atoms with van der Waals surface area (Å²) < 4.78 is 23.4. The van der Waals surface area contributed by atoms with Crippen LogP contribution in [0.2, 0.25) is 0 Å². The van der Waals surface area contributed by atoms with E-state index in [1.165, 1.54) is 0 Å². The first-order valence-corrected chi connectivity index (χ1v) is 14.4. The van der Waals surface area contributed by atoms with Crippen LogP contribution < -0.4 is 33.6 Å². The number of nitrogens with zero attached hydrogens (tertiary/aromatic N) is 1. The average molecular weight is 628 g/mol. The number of hydrogen-bond acceptors (Lipinski definition) is 17. The van der Waals surface area contributed by atoms with Crippen LogP contribution in [-0.4, -0.2) is 172 Å². The molecule has 1 saturated carbocycles. The lowest BCUT2D eigenvalue weighted by atomic mass is 9.83. The fraction of sp³-hybridized carbons (Fsp3) is 0.958. The lowest BCUT2D eigenvalue weighted by Crippen LogP contribution is -2.69. The van der Waals surface area contributed by atoms with Crippen molar-refractivity contribution in [3.8, 4) is 0 Å². The van der Waals surface area contributed by atoms with Crippen molar-refractivity contribution in [3.63, 3.8) is 0 Å². The lowest BCUT2D eigenvalue weighted by molar-refractivity contribution is -0.315. The number of aliphatic hydroxyl groups is 6. The van der Waals surface area contributed by atoms with Gasteiger partial charge in [-0.3, -0.25) is 5.21 Å². The van der Waals surface area contributed by atoms with Gasteiger partial charge in [0, 0.05) is 25.7 Å². The van der Waals surface area contributed by atoms with Gasteiger partial charge in [-0.15, -0.1) is 0 Å². The van der Waals surface area contributed by atoms with Crippen molar-refractivity contribution in [2.75, 3.05) is 39.4 Å². The van der Waals surface area contributed by atoms with E-state index < -0.39 is 98.2 Å². The van der Waals surface area contributed by atoms with E-state index >= 15 is 0 Å². The van der Waals surface area contributed by atoms with Crippen molar-refractivity contribution >= 4 is 6.03 Å². The Balaban J connectivity index is 1.79. The minimum absolute atomic E-state index is 0.000710. The minimum atomic E-state index is -1.61. The van der Waals surface area contributed by atoms with Gasteiger partial charge in [-0.1, -0.05) is 0 Å². The van der Waals surface area contributed by atoms with Gasteiger partial charge in [-0.05, 0) is 25.8 Å². The summed E-state index contributed by atoms with van der Waals surface area (Å²) in [6.07, 6.45) is -12.1. The maximum absolute atomic E-state index is 12.6. The largest absolute Gasteiger partial charge is 0.396 e. The number of urea groups is 1. The van der Waals surface area contributed by atoms with Crippen molar-refractivity contribution in [1.82, 2.24) is 15.7 Å². The first-order valence-electron chi connectivity index (χ1n) is 14.4. The molecule has 14 atom stereocenters. The highest BCUT2D eigenvalue weighted by atomic mass is 16.7. The SMILES string of the molecule is NCCN(O)C(=O)N[C@@H]1C[C@H](N)[C@@H](O[C@H]2O[C@H](CNCCCO)[C@@H](O)C[C@H]2N)[C@H](O)[C@H]1O[C@H]1O[C@H](CO)[C@@H](O)[C@H](N)[C@H]1O. The maximum atomic E-state index is 12.6. The van der Waals surface area contributed by atoms with Crippen molar-refractivity contribution in [1.29, 1.82) is 0 Å². The number of nitrogens with two attached hydrogens (primary N) is 4. The molecule has 0 bridgehead atoms. The topological polar surface area (TPSA) is 327 Å². The second-order valence-electron chi connectivity index (χ2n) is 11.1. The summed E-state index contributed by atoms with van der Waals surface area (Å²) in [4.78, 5) is 12.6. The van der Waals surface area contributed by atoms with Crippen LogP contribution in [-0.2, 0) is 18.9 Å². The average Bonchev–Trinajstić information content (AvgIpc) is 2.97. The van der Waals surface area contributed by atoms with Crippen molar-refractivity contribution in [3.05, 3.63) is 0 Å². The zero-order chi connectivity index (χ0) is 31.8. The predicted molar refractivity (Wildman–Crippen MR) is 146 cm³/mol. The van der Waals surface area contributed by atoms with Crippen LogP contribution in [0.5, 0.6) is 0 Å². The molecule has 2 aliphatic heterocycles. The number of carbonyl (C=O) groups excluding carboxylic acids is 1. The normalized spacial score (nSPS) is 42.0. The third-order valence-electron chi connectivity index (χ3n) is 7.88. The highest BCUT2D eigenvalue weighted by molar-refractivity contribution is 5.73. The van der Waals surface area contributed by atoms with Gasteiger partial charge in [-0.2, -0.15) is 0 Å². The van der Waals surface area contributed by atoms with Crippen molar-refractivity contribution < 1.29 is 59.6 Å². The highest BCUT2D eigenvalue weighted by Crippen LogP contribution is 2.31. The summed E-state index contributed by atoms with van der Waals surface area (Å²) in [6.45, 7) is -0.156. The number of hydrogen-bond donors (Lipinski definition) is 13. The lowest BCUT2D eigenvalue weighted by Gasteiger charge is -2.48. The summed E-state index contributed by atoms with van der Waals surface area (Å²) in [7, 11) is 0. The summed E-state index contributed by atoms with van der Waals surface area (Å²) in [6, 6.07) is -5.04. The van der Waals surface area contributed by atoms with Crippen molar-refractivity contribution in [2.24, 2.45) is 22.9 Å². The third kappa shape index (κ3) is 9.10. The molecule has 0 aromatic rings. The Bertz CT molecular complexity index is 852. The van der Waals surface area contributed by atoms with Crippen LogP contribution in [0, 0.1) is 0 Å². The van der Waals surface area contributed by atoms with E-state index in [0.29, 0.717) is 18.0 Å². The standard InChI is InChI=1S/C24H49N7O12/c25-2-4-31(39)24(38)30-12-6-10(26)20(42-22-11(27)7-13(34)14(40-22)8-29-3-1-5-32)19(37)21(12)43-23-18(36)16(28)17(35)15(9-33)41-23/h10-23,29,32-37,39H,1-9,25-28H2,(H,30,38)/t10-,11+,12+,13-,14+,15+,16-,17+,18+,19-,20+,21-,22+,23+/m0/s1. The quantitative estimate of drug-likeness (QED) is 0.0512. The van der Waals surface area contributed by atoms with E-state index in [2.05, 4.69) is 10.6 Å². The summed E-state index contributed by atoms with van der Waals surface area (Å²) >= 11 is 0. The number of hydroxylamine groups is 2. The van der Waals surface area contributed by atoms with E-state index in [9.17, 15) is 35.5 Å². The number of carbonyl (C=O) groups is 1. The van der Waals surface area contributed by atoms with Gasteiger partial charge < -0.3 is 83.2 Å². The minimum Gasteiger partial charge on any atom is -0.396 e. The molecule has 0 spiro atoms. The van der Waals surface area contributed by atoms with Crippen LogP contribution in [0.4, 0.5) is 4.79 Å². The molecule has 1 aliphatic carbocycles. The van der Waals surface area contributed by atoms with E-state index in [-0.39, 0.29) is 39.1 Å². The number of ether oxygens (including phenoxy) is 4. The molecule has 3 rings (SSSR count). The third-order valence-corrected chi connectivity index (χ3v) is 7.88. The Morgan fingerprint density at radius 3 is 2.23 bits per heavy atom. The van der Waals surface area contributed by atoms with Crippen LogP contribution in [0.25, 0.3) is 0 Å². The predicted octanol–water partition coefficient (Wildman–Crippen LogP) is -6.88. The van der Waals surface area contributed by atoms with E-state index in [4.69, 9.17) is 47.0 Å². The van der Waals surface area contributed by atoms with Gasteiger partial charge >= 0.3 is 6.03 Å². The molecule has 3 fully saturated rings. The first-order chi connectivity index (χ1) is 20.4. The highest BCUT2D eigenvalue weighted by Gasteiger charge is 2.51. The number of rotatable bonds is 13. The second-order valence-corrected chi connectivity index (χ2v) is 11.1. The molecule has 2 saturated heterocycles. The zero-order valence-corrected chi connectivity index (χ0v) is 23.9. The van der Waals surface area contributed by atoms with Gasteiger partial charge in [0.15, 0.2) is 12.6 Å². The summed E-state index contributed by atoms with van der Waals surface area (Å²) in [5, 5.41) is 77.3. The Morgan fingerprint density at radius 1 is 0.907 bits per heavy atom. The summed E-state index contributed by atoms with van der Waals surface area (Å²) in [5.41, 5.74) is 23.9. The van der Waals surface area contributed by atoms with E-state index in [0.717, 1.165) is 0 Å². The van der Waals surface area contributed by atoms with E-state index in [1.54, 1.807) is 0 Å². The maximum Gasteiger partial charge on any atom is 0.341 e. The molecule has 252 valence electrons. The molecule has 3 aliphatic rings. The molecule has 0 unspecified atom stereocenters. The van der Waals surface area contributed by atoms with E-state index in [1.807, 2.05) is 0 Å². The van der Waals surface area contributed by atoms with Crippen LogP contribution in [0.1, 0.15) is 19.3 Å². The molecule has 2 heterocycles. The van der Waals surface area contributed by atoms with Gasteiger partial charge in [-0.25, -0.2) is 9.86 Å². The molecular formula is C24H49N7O12. The van der Waals surface area contributed by atoms with Gasteiger partial charge in [0.25, 0.3) is 0 Å².